The standard InChI is InChI=1S/C20H26ClN3O2/c1-14-12-15(2)24(22-14)16(3)20(25)23-10-8-17(9-11-23)13-26-19-6-4-18(21)5-7-19/h4-7,12,16-17H,8-11,13H2,1-3H3/t16-/m1/s1. The van der Waals surface area contributed by atoms with Crippen LogP contribution in [0.25, 0.3) is 0 Å². The molecule has 3 rings (SSSR count). The van der Waals surface area contributed by atoms with E-state index in [1.807, 2.05) is 60.7 Å². The molecule has 6 heteroatoms. The molecule has 2 heterocycles. The molecule has 1 aliphatic rings. The van der Waals surface area contributed by atoms with Gasteiger partial charge in [-0.1, -0.05) is 11.6 Å². The number of piperidine rings is 1. The van der Waals surface area contributed by atoms with Gasteiger partial charge in [-0.2, -0.15) is 5.10 Å². The summed E-state index contributed by atoms with van der Waals surface area (Å²) in [5, 5.41) is 5.16. The first-order valence-corrected chi connectivity index (χ1v) is 9.51. The Hall–Kier alpha value is -2.01. The van der Waals surface area contributed by atoms with Crippen molar-refractivity contribution in [1.82, 2.24) is 14.7 Å². The minimum atomic E-state index is -0.259. The van der Waals surface area contributed by atoms with Gasteiger partial charge in [0.1, 0.15) is 11.8 Å². The SMILES string of the molecule is Cc1cc(C)n([C@H](C)C(=O)N2CCC(COc3ccc(Cl)cc3)CC2)n1. The van der Waals surface area contributed by atoms with Crippen LogP contribution in [0.3, 0.4) is 0 Å². The zero-order chi connectivity index (χ0) is 18.7. The van der Waals surface area contributed by atoms with Crippen LogP contribution in [-0.2, 0) is 4.79 Å². The molecule has 2 aromatic rings. The number of nitrogens with zero attached hydrogens (tertiary/aromatic N) is 3. The van der Waals surface area contributed by atoms with Crippen LogP contribution >= 0.6 is 11.6 Å². The van der Waals surface area contributed by atoms with Gasteiger partial charge in [0.25, 0.3) is 0 Å². The summed E-state index contributed by atoms with van der Waals surface area (Å²) >= 11 is 5.89. The molecule has 0 spiro atoms. The highest BCUT2D eigenvalue weighted by Gasteiger charge is 2.28. The minimum Gasteiger partial charge on any atom is -0.493 e. The van der Waals surface area contributed by atoms with Crippen LogP contribution in [-0.4, -0.2) is 40.3 Å². The summed E-state index contributed by atoms with van der Waals surface area (Å²) in [5.74, 6) is 1.46. The first-order chi connectivity index (χ1) is 12.4. The van der Waals surface area contributed by atoms with Gasteiger partial charge in [-0.15, -0.1) is 0 Å². The van der Waals surface area contributed by atoms with Crippen molar-refractivity contribution < 1.29 is 9.53 Å². The van der Waals surface area contributed by atoms with E-state index in [1.54, 1.807) is 0 Å². The van der Waals surface area contributed by atoms with Gasteiger partial charge >= 0.3 is 0 Å². The van der Waals surface area contributed by atoms with Crippen molar-refractivity contribution in [1.29, 1.82) is 0 Å². The van der Waals surface area contributed by atoms with E-state index in [1.165, 1.54) is 0 Å². The van der Waals surface area contributed by atoms with E-state index in [0.29, 0.717) is 17.5 Å². The third-order valence-electron chi connectivity index (χ3n) is 4.99. The first-order valence-electron chi connectivity index (χ1n) is 9.14. The quantitative estimate of drug-likeness (QED) is 0.792. The summed E-state index contributed by atoms with van der Waals surface area (Å²) in [7, 11) is 0. The Balaban J connectivity index is 1.49. The number of hydrogen-bond donors (Lipinski definition) is 0. The van der Waals surface area contributed by atoms with Crippen molar-refractivity contribution >= 4 is 17.5 Å². The van der Waals surface area contributed by atoms with Gasteiger partial charge in [-0.25, -0.2) is 0 Å². The van der Waals surface area contributed by atoms with Gasteiger partial charge in [0.05, 0.1) is 12.3 Å². The van der Waals surface area contributed by atoms with Crippen molar-refractivity contribution in [2.24, 2.45) is 5.92 Å². The number of aryl methyl sites for hydroxylation is 2. The number of rotatable bonds is 5. The molecule has 0 unspecified atom stereocenters. The lowest BCUT2D eigenvalue weighted by atomic mass is 9.97. The van der Waals surface area contributed by atoms with Crippen LogP contribution in [0, 0.1) is 19.8 Å². The molecule has 26 heavy (non-hydrogen) atoms. The maximum absolute atomic E-state index is 12.8. The molecule has 0 radical (unpaired) electrons. The third-order valence-corrected chi connectivity index (χ3v) is 5.25. The number of carbonyl (C=O) groups is 1. The van der Waals surface area contributed by atoms with Crippen molar-refractivity contribution in [3.8, 4) is 5.75 Å². The fourth-order valence-corrected chi connectivity index (χ4v) is 3.60. The molecule has 0 aliphatic carbocycles. The minimum absolute atomic E-state index is 0.147. The number of benzene rings is 1. The topological polar surface area (TPSA) is 47.4 Å². The normalized spacial score (nSPS) is 16.5. The fraction of sp³-hybridized carbons (Fsp3) is 0.500. The third kappa shape index (κ3) is 4.39. The maximum Gasteiger partial charge on any atom is 0.247 e. The molecule has 1 aliphatic heterocycles. The van der Waals surface area contributed by atoms with Crippen LogP contribution in [0.5, 0.6) is 5.75 Å². The Morgan fingerprint density at radius 2 is 1.92 bits per heavy atom. The highest BCUT2D eigenvalue weighted by atomic mass is 35.5. The number of halogens is 1. The lowest BCUT2D eigenvalue weighted by molar-refractivity contribution is -0.136. The zero-order valence-electron chi connectivity index (χ0n) is 15.6. The second-order valence-corrected chi connectivity index (χ2v) is 7.52. The van der Waals surface area contributed by atoms with Crippen molar-refractivity contribution in [3.05, 3.63) is 46.7 Å². The molecule has 0 saturated carbocycles. The molecule has 5 nitrogen and oxygen atoms in total. The monoisotopic (exact) mass is 375 g/mol. The number of ether oxygens (including phenoxy) is 1. The Labute approximate surface area is 159 Å². The molecule has 1 atom stereocenters. The second-order valence-electron chi connectivity index (χ2n) is 7.08. The zero-order valence-corrected chi connectivity index (χ0v) is 16.4. The van der Waals surface area contributed by atoms with Crippen molar-refractivity contribution in [3.63, 3.8) is 0 Å². The van der Waals surface area contributed by atoms with Crippen LogP contribution in [0.4, 0.5) is 0 Å². The predicted molar refractivity (Wildman–Crippen MR) is 103 cm³/mol. The number of aromatic nitrogens is 2. The lowest BCUT2D eigenvalue weighted by Crippen LogP contribution is -2.43. The van der Waals surface area contributed by atoms with E-state index in [9.17, 15) is 4.79 Å². The van der Waals surface area contributed by atoms with Crippen molar-refractivity contribution in [2.45, 2.75) is 39.7 Å². The molecule has 0 bridgehead atoms. The van der Waals surface area contributed by atoms with E-state index < -0.39 is 0 Å². The maximum atomic E-state index is 12.8. The molecule has 140 valence electrons. The predicted octanol–water partition coefficient (Wildman–Crippen LogP) is 4.03. The Morgan fingerprint density at radius 1 is 1.27 bits per heavy atom. The van der Waals surface area contributed by atoms with E-state index in [0.717, 1.165) is 43.1 Å². The molecule has 1 aromatic heterocycles. The first kappa shape index (κ1) is 18.8. The Morgan fingerprint density at radius 3 is 2.50 bits per heavy atom. The van der Waals surface area contributed by atoms with Gasteiger partial charge in [-0.05, 0) is 69.9 Å². The molecule has 1 fully saturated rings. The number of carbonyl (C=O) groups excluding carboxylic acids is 1. The van der Waals surface area contributed by atoms with Gasteiger partial charge in [-0.3, -0.25) is 9.48 Å². The molecule has 1 aromatic carbocycles. The lowest BCUT2D eigenvalue weighted by Gasteiger charge is -2.33. The van der Waals surface area contributed by atoms with E-state index in [4.69, 9.17) is 16.3 Å². The summed E-state index contributed by atoms with van der Waals surface area (Å²) in [5.41, 5.74) is 1.97. The van der Waals surface area contributed by atoms with Gasteiger partial charge in [0.15, 0.2) is 0 Å². The van der Waals surface area contributed by atoms with Crippen LogP contribution in [0.1, 0.15) is 37.2 Å². The average Bonchev–Trinajstić information content (AvgIpc) is 2.98. The number of hydrogen-bond acceptors (Lipinski definition) is 3. The summed E-state index contributed by atoms with van der Waals surface area (Å²) in [6, 6.07) is 9.18. The second kappa shape index (κ2) is 8.12. The van der Waals surface area contributed by atoms with E-state index in [-0.39, 0.29) is 11.9 Å². The number of amides is 1. The van der Waals surface area contributed by atoms with E-state index in [2.05, 4.69) is 5.10 Å². The largest absolute Gasteiger partial charge is 0.493 e. The Bertz CT molecular complexity index is 749. The van der Waals surface area contributed by atoms with Crippen LogP contribution in [0.2, 0.25) is 5.02 Å². The van der Waals surface area contributed by atoms with Gasteiger partial charge < -0.3 is 9.64 Å². The van der Waals surface area contributed by atoms with Crippen LogP contribution in [0.15, 0.2) is 30.3 Å². The van der Waals surface area contributed by atoms with Gasteiger partial charge in [0.2, 0.25) is 5.91 Å². The summed E-state index contributed by atoms with van der Waals surface area (Å²) < 4.78 is 7.68. The fourth-order valence-electron chi connectivity index (χ4n) is 3.47. The Kier molecular flexibility index (Phi) is 5.87. The molecule has 1 saturated heterocycles. The molecule has 1 amide bonds. The summed E-state index contributed by atoms with van der Waals surface area (Å²) in [6.45, 7) is 8.10. The van der Waals surface area contributed by atoms with Crippen molar-refractivity contribution in [2.75, 3.05) is 19.7 Å². The van der Waals surface area contributed by atoms with Crippen LogP contribution < -0.4 is 4.74 Å². The highest BCUT2D eigenvalue weighted by Crippen LogP contribution is 2.23. The highest BCUT2D eigenvalue weighted by molar-refractivity contribution is 6.30. The average molecular weight is 376 g/mol. The summed E-state index contributed by atoms with van der Waals surface area (Å²) in [4.78, 5) is 14.8. The molecule has 0 N–H and O–H groups in total. The van der Waals surface area contributed by atoms with E-state index >= 15 is 0 Å². The smallest absolute Gasteiger partial charge is 0.247 e. The molecular weight excluding hydrogens is 350 g/mol. The summed E-state index contributed by atoms with van der Waals surface area (Å²) in [6.07, 6.45) is 1.92. The van der Waals surface area contributed by atoms with Gasteiger partial charge in [0, 0.05) is 23.8 Å². The molecular formula is C20H26ClN3O2. The number of likely N-dealkylation sites (tertiary alicyclic amines) is 1.